The molecule has 2 rings (SSSR count). The van der Waals surface area contributed by atoms with E-state index in [4.69, 9.17) is 5.73 Å². The summed E-state index contributed by atoms with van der Waals surface area (Å²) < 4.78 is 1.18. The molecule has 0 amide bonds. The van der Waals surface area contributed by atoms with E-state index in [0.29, 0.717) is 5.92 Å². The summed E-state index contributed by atoms with van der Waals surface area (Å²) >= 11 is 5.29. The Labute approximate surface area is 115 Å². The van der Waals surface area contributed by atoms with Crippen molar-refractivity contribution in [2.45, 2.75) is 25.8 Å². The van der Waals surface area contributed by atoms with Gasteiger partial charge < -0.3 is 5.73 Å². The fraction of sp³-hybridized carbons (Fsp3) is 0.286. The third kappa shape index (κ3) is 2.79. The highest BCUT2D eigenvalue weighted by atomic mass is 79.9. The third-order valence-electron chi connectivity index (χ3n) is 3.07. The molecule has 2 unspecified atom stereocenters. The molecule has 17 heavy (non-hydrogen) atoms. The Morgan fingerprint density at radius 1 is 1.24 bits per heavy atom. The minimum absolute atomic E-state index is 0.0624. The molecule has 90 valence electrons. The van der Waals surface area contributed by atoms with Gasteiger partial charge in [0.05, 0.1) is 3.79 Å². The molecule has 1 aromatic carbocycles. The first-order chi connectivity index (χ1) is 8.09. The van der Waals surface area contributed by atoms with Crippen molar-refractivity contribution < 1.29 is 0 Å². The predicted molar refractivity (Wildman–Crippen MR) is 78.5 cm³/mol. The summed E-state index contributed by atoms with van der Waals surface area (Å²) in [6, 6.07) is 12.7. The van der Waals surface area contributed by atoms with Crippen LogP contribution in [0.1, 0.15) is 34.9 Å². The normalized spacial score (nSPS) is 14.6. The lowest BCUT2D eigenvalue weighted by atomic mass is 9.93. The Kier molecular flexibility index (Phi) is 4.02. The second kappa shape index (κ2) is 5.34. The quantitative estimate of drug-likeness (QED) is 0.879. The average molecular weight is 310 g/mol. The van der Waals surface area contributed by atoms with Crippen LogP contribution in [0.4, 0.5) is 0 Å². The second-order valence-corrected chi connectivity index (χ2v) is 6.73. The summed E-state index contributed by atoms with van der Waals surface area (Å²) in [4.78, 5) is 1.24. The topological polar surface area (TPSA) is 26.0 Å². The first-order valence-corrected chi connectivity index (χ1v) is 7.27. The van der Waals surface area contributed by atoms with Crippen molar-refractivity contribution in [3.63, 3.8) is 0 Å². The molecule has 2 N–H and O–H groups in total. The van der Waals surface area contributed by atoms with Crippen LogP contribution in [-0.2, 0) is 0 Å². The molecule has 1 heterocycles. The molecular weight excluding hydrogens is 294 g/mol. The van der Waals surface area contributed by atoms with Crippen LogP contribution in [0.2, 0.25) is 0 Å². The van der Waals surface area contributed by atoms with E-state index in [1.165, 1.54) is 19.8 Å². The van der Waals surface area contributed by atoms with Gasteiger partial charge in [-0.1, -0.05) is 37.3 Å². The van der Waals surface area contributed by atoms with E-state index in [0.717, 1.165) is 0 Å². The van der Waals surface area contributed by atoms with Gasteiger partial charge >= 0.3 is 0 Å². The lowest BCUT2D eigenvalue weighted by Crippen LogP contribution is -2.16. The van der Waals surface area contributed by atoms with Gasteiger partial charge in [0, 0.05) is 16.8 Å². The number of benzene rings is 1. The summed E-state index contributed by atoms with van der Waals surface area (Å²) in [5.74, 6) is 0.334. The van der Waals surface area contributed by atoms with Gasteiger partial charge in [0.25, 0.3) is 0 Å². The maximum Gasteiger partial charge on any atom is 0.0731 e. The minimum Gasteiger partial charge on any atom is -0.323 e. The van der Waals surface area contributed by atoms with Gasteiger partial charge in [-0.25, -0.2) is 0 Å². The minimum atomic E-state index is 0.0624. The van der Waals surface area contributed by atoms with Crippen molar-refractivity contribution in [3.8, 4) is 0 Å². The van der Waals surface area contributed by atoms with Crippen molar-refractivity contribution in [2.24, 2.45) is 5.73 Å². The number of rotatable bonds is 3. The van der Waals surface area contributed by atoms with Gasteiger partial charge in [0.15, 0.2) is 0 Å². The molecule has 0 bridgehead atoms. The van der Waals surface area contributed by atoms with Gasteiger partial charge in [-0.3, -0.25) is 0 Å². The molecule has 3 heteroatoms. The van der Waals surface area contributed by atoms with Crippen molar-refractivity contribution >= 4 is 27.3 Å². The van der Waals surface area contributed by atoms with Crippen LogP contribution in [-0.4, -0.2) is 0 Å². The smallest absolute Gasteiger partial charge is 0.0731 e. The second-order valence-electron chi connectivity index (χ2n) is 4.33. The first-order valence-electron chi connectivity index (χ1n) is 5.66. The highest BCUT2D eigenvalue weighted by molar-refractivity contribution is 9.11. The van der Waals surface area contributed by atoms with Gasteiger partial charge in [-0.15, -0.1) is 11.3 Å². The number of hydrogen-bond donors (Lipinski definition) is 1. The number of aryl methyl sites for hydroxylation is 1. The van der Waals surface area contributed by atoms with Crippen LogP contribution in [0.3, 0.4) is 0 Å². The molecule has 2 atom stereocenters. The highest BCUT2D eigenvalue weighted by Gasteiger charge is 2.19. The molecule has 1 nitrogen and oxygen atoms in total. The third-order valence-corrected chi connectivity index (χ3v) is 5.31. The SMILES string of the molecule is Cc1cc(C(N)C(C)c2ccccc2)sc1Br. The number of halogens is 1. The molecule has 0 fully saturated rings. The van der Waals surface area contributed by atoms with Crippen LogP contribution in [0, 0.1) is 6.92 Å². The summed E-state index contributed by atoms with van der Waals surface area (Å²) in [6.07, 6.45) is 0. The predicted octanol–water partition coefficient (Wildman–Crippen LogP) is 4.62. The standard InChI is InChI=1S/C14H16BrNS/c1-9-8-12(17-14(9)15)13(16)10(2)11-6-4-3-5-7-11/h3-8,10,13H,16H2,1-2H3. The van der Waals surface area contributed by atoms with E-state index in [1.54, 1.807) is 11.3 Å². The van der Waals surface area contributed by atoms with E-state index >= 15 is 0 Å². The Morgan fingerprint density at radius 3 is 2.41 bits per heavy atom. The Hall–Kier alpha value is -0.640. The zero-order valence-corrected chi connectivity index (χ0v) is 12.4. The Balaban J connectivity index is 2.23. The fourth-order valence-electron chi connectivity index (χ4n) is 1.86. The van der Waals surface area contributed by atoms with E-state index in [-0.39, 0.29) is 6.04 Å². The fourth-order valence-corrected chi connectivity index (χ4v) is 3.54. The monoisotopic (exact) mass is 309 g/mol. The maximum atomic E-state index is 6.34. The molecule has 0 spiro atoms. The zero-order chi connectivity index (χ0) is 12.4. The van der Waals surface area contributed by atoms with Gasteiger partial charge in [-0.05, 0) is 40.0 Å². The van der Waals surface area contributed by atoms with Crippen LogP contribution in [0.15, 0.2) is 40.2 Å². The Bertz CT molecular complexity index is 473. The maximum absolute atomic E-state index is 6.34. The van der Waals surface area contributed by atoms with Gasteiger partial charge in [-0.2, -0.15) is 0 Å². The van der Waals surface area contributed by atoms with E-state index in [2.05, 4.69) is 60.1 Å². The van der Waals surface area contributed by atoms with E-state index in [9.17, 15) is 0 Å². The molecule has 0 aliphatic carbocycles. The summed E-state index contributed by atoms with van der Waals surface area (Å²) in [6.45, 7) is 4.28. The summed E-state index contributed by atoms with van der Waals surface area (Å²) in [5.41, 5.74) is 8.90. The number of hydrogen-bond acceptors (Lipinski definition) is 2. The lowest BCUT2D eigenvalue weighted by molar-refractivity contribution is 0.607. The van der Waals surface area contributed by atoms with E-state index in [1.807, 2.05) is 6.07 Å². The summed E-state index contributed by atoms with van der Waals surface area (Å²) in [7, 11) is 0. The number of nitrogens with two attached hydrogens (primary N) is 1. The lowest BCUT2D eigenvalue weighted by Gasteiger charge is -2.19. The molecule has 2 aromatic rings. The summed E-state index contributed by atoms with van der Waals surface area (Å²) in [5, 5.41) is 0. The molecule has 0 aliphatic rings. The number of thiophene rings is 1. The van der Waals surface area contributed by atoms with Crippen LogP contribution >= 0.6 is 27.3 Å². The largest absolute Gasteiger partial charge is 0.323 e. The van der Waals surface area contributed by atoms with Crippen molar-refractivity contribution in [1.82, 2.24) is 0 Å². The van der Waals surface area contributed by atoms with Crippen molar-refractivity contribution in [3.05, 3.63) is 56.2 Å². The molecule has 0 aliphatic heterocycles. The van der Waals surface area contributed by atoms with Crippen LogP contribution in [0.25, 0.3) is 0 Å². The molecule has 0 saturated heterocycles. The zero-order valence-electron chi connectivity index (χ0n) is 9.98. The highest BCUT2D eigenvalue weighted by Crippen LogP contribution is 2.36. The Morgan fingerprint density at radius 2 is 1.88 bits per heavy atom. The van der Waals surface area contributed by atoms with Gasteiger partial charge in [0.1, 0.15) is 0 Å². The van der Waals surface area contributed by atoms with Crippen molar-refractivity contribution in [1.29, 1.82) is 0 Å². The average Bonchev–Trinajstić information content (AvgIpc) is 2.69. The van der Waals surface area contributed by atoms with Gasteiger partial charge in [0.2, 0.25) is 0 Å². The molecule has 0 saturated carbocycles. The van der Waals surface area contributed by atoms with Crippen LogP contribution < -0.4 is 5.73 Å². The van der Waals surface area contributed by atoms with E-state index < -0.39 is 0 Å². The van der Waals surface area contributed by atoms with Crippen LogP contribution in [0.5, 0.6) is 0 Å². The molecular formula is C14H16BrNS. The molecule has 0 radical (unpaired) electrons. The van der Waals surface area contributed by atoms with Crippen molar-refractivity contribution in [2.75, 3.05) is 0 Å². The molecule has 1 aromatic heterocycles. The first kappa shape index (κ1) is 12.8.